The summed E-state index contributed by atoms with van der Waals surface area (Å²) in [5.41, 5.74) is 2.83. The summed E-state index contributed by atoms with van der Waals surface area (Å²) in [5.74, 6) is 0.508. The number of nitrogens with one attached hydrogen (secondary N) is 2. The zero-order valence-corrected chi connectivity index (χ0v) is 13.7. The molecule has 1 aliphatic rings. The molecule has 1 amide bonds. The minimum absolute atomic E-state index is 0.000816. The summed E-state index contributed by atoms with van der Waals surface area (Å²) in [6.45, 7) is 3.70. The monoisotopic (exact) mass is 330 g/mol. The van der Waals surface area contributed by atoms with Gasteiger partial charge in [-0.15, -0.1) is 0 Å². The molecule has 0 aliphatic carbocycles. The molecule has 1 saturated heterocycles. The Morgan fingerprint density at radius 2 is 2.26 bits per heavy atom. The van der Waals surface area contributed by atoms with Crippen molar-refractivity contribution < 1.29 is 4.79 Å². The van der Waals surface area contributed by atoms with Crippen molar-refractivity contribution >= 4 is 23.3 Å². The van der Waals surface area contributed by atoms with Crippen molar-refractivity contribution in [3.63, 3.8) is 0 Å². The molecule has 6 heteroatoms. The number of aromatic nitrogens is 2. The first-order valence-corrected chi connectivity index (χ1v) is 8.11. The van der Waals surface area contributed by atoms with Crippen LogP contribution in [0.1, 0.15) is 18.4 Å². The predicted octanol–water partition coefficient (Wildman–Crippen LogP) is 3.04. The van der Waals surface area contributed by atoms with E-state index in [1.54, 1.807) is 24.7 Å². The summed E-state index contributed by atoms with van der Waals surface area (Å²) in [6, 6.07) is 3.73. The van der Waals surface area contributed by atoms with E-state index in [1.807, 2.05) is 13.0 Å². The fourth-order valence-corrected chi connectivity index (χ4v) is 2.97. The molecule has 0 spiro atoms. The zero-order chi connectivity index (χ0) is 16.2. The van der Waals surface area contributed by atoms with E-state index in [4.69, 9.17) is 11.6 Å². The second kappa shape index (κ2) is 7.06. The molecule has 1 atom stereocenters. The van der Waals surface area contributed by atoms with E-state index in [0.717, 1.165) is 36.1 Å². The van der Waals surface area contributed by atoms with Gasteiger partial charge in [-0.2, -0.15) is 0 Å². The number of amides is 1. The van der Waals surface area contributed by atoms with Crippen LogP contribution in [0.5, 0.6) is 0 Å². The van der Waals surface area contributed by atoms with Crippen LogP contribution in [0.2, 0.25) is 5.02 Å². The molecule has 0 radical (unpaired) electrons. The Kier molecular flexibility index (Phi) is 4.88. The molecule has 2 N–H and O–H groups in total. The first-order valence-electron chi connectivity index (χ1n) is 7.73. The van der Waals surface area contributed by atoms with Crippen LogP contribution in [0, 0.1) is 12.8 Å². The number of anilines is 1. The van der Waals surface area contributed by atoms with Crippen molar-refractivity contribution in [3.05, 3.63) is 41.3 Å². The van der Waals surface area contributed by atoms with E-state index in [9.17, 15) is 4.79 Å². The van der Waals surface area contributed by atoms with Crippen molar-refractivity contribution in [2.24, 2.45) is 5.92 Å². The van der Waals surface area contributed by atoms with Crippen LogP contribution in [-0.2, 0) is 4.79 Å². The number of carbonyl (C=O) groups excluding carboxylic acids is 1. The van der Waals surface area contributed by atoms with Crippen molar-refractivity contribution in [1.29, 1.82) is 0 Å². The largest absolute Gasteiger partial charge is 0.316 e. The first kappa shape index (κ1) is 15.9. The maximum Gasteiger partial charge on any atom is 0.229 e. The summed E-state index contributed by atoms with van der Waals surface area (Å²) in [5, 5.41) is 6.68. The van der Waals surface area contributed by atoms with Gasteiger partial charge in [0.15, 0.2) is 0 Å². The van der Waals surface area contributed by atoms with Crippen LogP contribution in [0.25, 0.3) is 11.1 Å². The lowest BCUT2D eigenvalue weighted by Gasteiger charge is -2.21. The van der Waals surface area contributed by atoms with Gasteiger partial charge >= 0.3 is 0 Å². The van der Waals surface area contributed by atoms with E-state index in [-0.39, 0.29) is 11.8 Å². The molecule has 23 heavy (non-hydrogen) atoms. The summed E-state index contributed by atoms with van der Waals surface area (Å²) in [7, 11) is 0. The molecular weight excluding hydrogens is 312 g/mol. The molecule has 0 aromatic carbocycles. The Hall–Kier alpha value is -1.98. The van der Waals surface area contributed by atoms with Gasteiger partial charge in [0.1, 0.15) is 5.82 Å². The molecule has 1 fully saturated rings. The van der Waals surface area contributed by atoms with Gasteiger partial charge in [0.25, 0.3) is 0 Å². The second-order valence-corrected chi connectivity index (χ2v) is 6.18. The van der Waals surface area contributed by atoms with Gasteiger partial charge in [0, 0.05) is 36.3 Å². The number of aryl methyl sites for hydroxylation is 1. The van der Waals surface area contributed by atoms with Gasteiger partial charge in [0.05, 0.1) is 10.9 Å². The van der Waals surface area contributed by atoms with Gasteiger partial charge in [-0.1, -0.05) is 11.6 Å². The molecule has 0 saturated carbocycles. The Balaban J connectivity index is 1.83. The zero-order valence-electron chi connectivity index (χ0n) is 13.0. The predicted molar refractivity (Wildman–Crippen MR) is 91.4 cm³/mol. The van der Waals surface area contributed by atoms with Crippen LogP contribution < -0.4 is 10.6 Å². The summed E-state index contributed by atoms with van der Waals surface area (Å²) >= 11 is 6.27. The number of piperidine rings is 1. The van der Waals surface area contributed by atoms with Crippen molar-refractivity contribution in [3.8, 4) is 11.1 Å². The molecule has 5 nitrogen and oxygen atoms in total. The van der Waals surface area contributed by atoms with Gasteiger partial charge in [0.2, 0.25) is 5.91 Å². The van der Waals surface area contributed by atoms with Crippen LogP contribution in [0.4, 0.5) is 5.82 Å². The molecule has 0 bridgehead atoms. The van der Waals surface area contributed by atoms with Crippen molar-refractivity contribution in [2.75, 3.05) is 18.4 Å². The summed E-state index contributed by atoms with van der Waals surface area (Å²) in [6.07, 6.45) is 7.01. The molecule has 1 aliphatic heterocycles. The number of hydrogen-bond acceptors (Lipinski definition) is 4. The maximum absolute atomic E-state index is 12.3. The topological polar surface area (TPSA) is 66.9 Å². The fraction of sp³-hybridized carbons (Fsp3) is 0.353. The Morgan fingerprint density at radius 3 is 3.00 bits per heavy atom. The van der Waals surface area contributed by atoms with Crippen LogP contribution in [0.3, 0.4) is 0 Å². The normalized spacial score (nSPS) is 17.7. The number of carbonyl (C=O) groups is 1. The van der Waals surface area contributed by atoms with E-state index in [1.165, 1.54) is 0 Å². The average Bonchev–Trinajstić information content (AvgIpc) is 2.58. The summed E-state index contributed by atoms with van der Waals surface area (Å²) < 4.78 is 0. The van der Waals surface area contributed by atoms with E-state index >= 15 is 0 Å². The van der Waals surface area contributed by atoms with E-state index in [2.05, 4.69) is 20.6 Å². The van der Waals surface area contributed by atoms with Crippen molar-refractivity contribution in [2.45, 2.75) is 19.8 Å². The number of pyridine rings is 2. The van der Waals surface area contributed by atoms with Crippen LogP contribution in [0.15, 0.2) is 30.7 Å². The minimum Gasteiger partial charge on any atom is -0.316 e. The van der Waals surface area contributed by atoms with Gasteiger partial charge in [-0.3, -0.25) is 9.78 Å². The highest BCUT2D eigenvalue weighted by atomic mass is 35.5. The molecule has 3 heterocycles. The third kappa shape index (κ3) is 3.68. The van der Waals surface area contributed by atoms with E-state index < -0.39 is 0 Å². The highest BCUT2D eigenvalue weighted by Gasteiger charge is 2.21. The highest BCUT2D eigenvalue weighted by molar-refractivity contribution is 6.33. The third-order valence-corrected chi connectivity index (χ3v) is 4.40. The smallest absolute Gasteiger partial charge is 0.229 e. The maximum atomic E-state index is 12.3. The standard InChI is InChI=1S/C17H19ClN4O/c1-11-4-6-20-9-14(11)13-7-16(21-10-15(13)18)22-17(23)12-3-2-5-19-8-12/h4,6-7,9-10,12,19H,2-3,5,8H2,1H3,(H,21,22,23). The second-order valence-electron chi connectivity index (χ2n) is 5.77. The molecule has 3 rings (SSSR count). The lowest BCUT2D eigenvalue weighted by molar-refractivity contribution is -0.120. The molecular formula is C17H19ClN4O. The lowest BCUT2D eigenvalue weighted by atomic mass is 9.99. The fourth-order valence-electron chi connectivity index (χ4n) is 2.76. The minimum atomic E-state index is -0.00944. The lowest BCUT2D eigenvalue weighted by Crippen LogP contribution is -2.37. The number of hydrogen-bond donors (Lipinski definition) is 2. The van der Waals surface area contributed by atoms with Crippen molar-refractivity contribution in [1.82, 2.24) is 15.3 Å². The van der Waals surface area contributed by atoms with Crippen LogP contribution >= 0.6 is 11.6 Å². The Labute approximate surface area is 140 Å². The van der Waals surface area contributed by atoms with Crippen LogP contribution in [-0.4, -0.2) is 29.0 Å². The average molecular weight is 331 g/mol. The van der Waals surface area contributed by atoms with Gasteiger partial charge in [-0.25, -0.2) is 4.98 Å². The molecule has 120 valence electrons. The molecule has 2 aromatic heterocycles. The molecule has 2 aromatic rings. The number of nitrogens with zero attached hydrogens (tertiary/aromatic N) is 2. The first-order chi connectivity index (χ1) is 11.1. The molecule has 1 unspecified atom stereocenters. The highest BCUT2D eigenvalue weighted by Crippen LogP contribution is 2.31. The quantitative estimate of drug-likeness (QED) is 0.907. The summed E-state index contributed by atoms with van der Waals surface area (Å²) in [4.78, 5) is 20.7. The SMILES string of the molecule is Cc1ccncc1-c1cc(NC(=O)C2CCCNC2)ncc1Cl. The number of halogens is 1. The Bertz CT molecular complexity index is 713. The van der Waals surface area contributed by atoms with Gasteiger partial charge < -0.3 is 10.6 Å². The Morgan fingerprint density at radius 1 is 1.39 bits per heavy atom. The van der Waals surface area contributed by atoms with E-state index in [0.29, 0.717) is 17.4 Å². The third-order valence-electron chi connectivity index (χ3n) is 4.10. The van der Waals surface area contributed by atoms with Gasteiger partial charge in [-0.05, 0) is 44.0 Å². The number of rotatable bonds is 3.